The normalized spacial score (nSPS) is 10.6. The van der Waals surface area contributed by atoms with E-state index in [2.05, 4.69) is 26.5 Å². The summed E-state index contributed by atoms with van der Waals surface area (Å²) in [5.41, 5.74) is 2.87. The SMILES string of the molecule is O=C(N/N=C\c1ccc([N+](=O)[O-])cc1Br)c1ccccc1O. The summed E-state index contributed by atoms with van der Waals surface area (Å²) in [6.45, 7) is 0. The molecule has 2 N–H and O–H groups in total. The van der Waals surface area contributed by atoms with Gasteiger partial charge >= 0.3 is 0 Å². The highest BCUT2D eigenvalue weighted by Crippen LogP contribution is 2.21. The number of carbonyl (C=O) groups excluding carboxylic acids is 1. The third kappa shape index (κ3) is 3.67. The summed E-state index contributed by atoms with van der Waals surface area (Å²) in [6.07, 6.45) is 1.34. The van der Waals surface area contributed by atoms with E-state index in [4.69, 9.17) is 0 Å². The van der Waals surface area contributed by atoms with Gasteiger partial charge in [-0.25, -0.2) is 5.43 Å². The highest BCUT2D eigenvalue weighted by molar-refractivity contribution is 9.10. The molecule has 112 valence electrons. The van der Waals surface area contributed by atoms with Gasteiger partial charge in [-0.1, -0.05) is 12.1 Å². The molecule has 0 heterocycles. The Labute approximate surface area is 133 Å². The van der Waals surface area contributed by atoms with Crippen molar-refractivity contribution in [1.29, 1.82) is 0 Å². The first-order valence-corrected chi connectivity index (χ1v) is 6.83. The van der Waals surface area contributed by atoms with E-state index < -0.39 is 10.8 Å². The van der Waals surface area contributed by atoms with Crippen LogP contribution < -0.4 is 5.43 Å². The number of nitro groups is 1. The lowest BCUT2D eigenvalue weighted by Gasteiger charge is -2.02. The standard InChI is InChI=1S/C14H10BrN3O4/c15-12-7-10(18(21)22)6-5-9(12)8-16-17-14(20)11-3-1-2-4-13(11)19/h1-8,19H,(H,17,20)/b16-8-. The maximum absolute atomic E-state index is 11.8. The molecule has 0 radical (unpaired) electrons. The van der Waals surface area contributed by atoms with Crippen LogP contribution in [0.3, 0.4) is 0 Å². The highest BCUT2D eigenvalue weighted by Gasteiger charge is 2.10. The van der Waals surface area contributed by atoms with E-state index in [1.807, 2.05) is 0 Å². The van der Waals surface area contributed by atoms with Gasteiger partial charge in [-0.15, -0.1) is 0 Å². The van der Waals surface area contributed by atoms with Crippen molar-refractivity contribution in [2.75, 3.05) is 0 Å². The third-order valence-corrected chi connectivity index (χ3v) is 3.40. The van der Waals surface area contributed by atoms with E-state index in [1.165, 1.54) is 36.5 Å². The lowest BCUT2D eigenvalue weighted by atomic mass is 10.2. The highest BCUT2D eigenvalue weighted by atomic mass is 79.9. The maximum Gasteiger partial charge on any atom is 0.275 e. The average Bonchev–Trinajstić information content (AvgIpc) is 2.49. The summed E-state index contributed by atoms with van der Waals surface area (Å²) in [5.74, 6) is -0.709. The number of nitro benzene ring substituents is 1. The number of rotatable bonds is 4. The van der Waals surface area contributed by atoms with Gasteiger partial charge in [0.2, 0.25) is 0 Å². The summed E-state index contributed by atoms with van der Waals surface area (Å²) < 4.78 is 0.474. The number of halogens is 1. The van der Waals surface area contributed by atoms with Gasteiger partial charge in [0.1, 0.15) is 5.75 Å². The molecule has 2 aromatic carbocycles. The van der Waals surface area contributed by atoms with Crippen molar-refractivity contribution in [3.05, 3.63) is 68.2 Å². The lowest BCUT2D eigenvalue weighted by molar-refractivity contribution is -0.384. The van der Waals surface area contributed by atoms with Crippen LogP contribution in [0.5, 0.6) is 5.75 Å². The molecule has 0 saturated heterocycles. The number of para-hydroxylation sites is 1. The minimum absolute atomic E-state index is 0.0535. The van der Waals surface area contributed by atoms with Crippen molar-refractivity contribution in [3.8, 4) is 5.75 Å². The number of phenols is 1. The molecule has 8 heteroatoms. The zero-order valence-electron chi connectivity index (χ0n) is 11.1. The summed E-state index contributed by atoms with van der Waals surface area (Å²) in [4.78, 5) is 21.9. The van der Waals surface area contributed by atoms with Gasteiger partial charge in [-0.05, 0) is 34.1 Å². The van der Waals surface area contributed by atoms with E-state index in [0.29, 0.717) is 10.0 Å². The number of hydrazone groups is 1. The first-order valence-electron chi connectivity index (χ1n) is 6.04. The fourth-order valence-corrected chi connectivity index (χ4v) is 2.09. The van der Waals surface area contributed by atoms with Crippen LogP contribution in [0.15, 0.2) is 52.0 Å². The van der Waals surface area contributed by atoms with Crippen LogP contribution >= 0.6 is 15.9 Å². The number of non-ortho nitro benzene ring substituents is 1. The van der Waals surface area contributed by atoms with Crippen LogP contribution in [-0.4, -0.2) is 22.2 Å². The largest absolute Gasteiger partial charge is 0.507 e. The number of carbonyl (C=O) groups is 1. The number of hydrogen-bond donors (Lipinski definition) is 2. The predicted octanol–water partition coefficient (Wildman–Crippen LogP) is 2.83. The van der Waals surface area contributed by atoms with E-state index in [-0.39, 0.29) is 17.0 Å². The number of nitrogens with zero attached hydrogens (tertiary/aromatic N) is 2. The van der Waals surface area contributed by atoms with Gasteiger partial charge in [0.25, 0.3) is 11.6 Å². The Bertz CT molecular complexity index is 762. The van der Waals surface area contributed by atoms with E-state index in [0.717, 1.165) is 0 Å². The molecule has 0 bridgehead atoms. The molecular formula is C14H10BrN3O4. The summed E-state index contributed by atoms with van der Waals surface area (Å²) in [6, 6.07) is 10.2. The Morgan fingerprint density at radius 2 is 2.05 bits per heavy atom. The van der Waals surface area contributed by atoms with Gasteiger partial charge in [-0.2, -0.15) is 5.10 Å². The number of aromatic hydroxyl groups is 1. The molecule has 7 nitrogen and oxygen atoms in total. The second-order valence-electron chi connectivity index (χ2n) is 4.18. The van der Waals surface area contributed by atoms with Crippen molar-refractivity contribution in [3.63, 3.8) is 0 Å². The number of benzene rings is 2. The van der Waals surface area contributed by atoms with Crippen molar-refractivity contribution in [2.24, 2.45) is 5.10 Å². The van der Waals surface area contributed by atoms with Crippen LogP contribution in [-0.2, 0) is 0 Å². The predicted molar refractivity (Wildman–Crippen MR) is 84.0 cm³/mol. The molecule has 2 aromatic rings. The zero-order valence-corrected chi connectivity index (χ0v) is 12.6. The minimum Gasteiger partial charge on any atom is -0.507 e. The van der Waals surface area contributed by atoms with Crippen LogP contribution in [0.2, 0.25) is 0 Å². The molecule has 0 unspecified atom stereocenters. The van der Waals surface area contributed by atoms with Crippen LogP contribution in [0.4, 0.5) is 5.69 Å². The van der Waals surface area contributed by atoms with E-state index in [1.54, 1.807) is 12.1 Å². The van der Waals surface area contributed by atoms with Gasteiger partial charge in [0.15, 0.2) is 0 Å². The van der Waals surface area contributed by atoms with Crippen molar-refractivity contribution in [2.45, 2.75) is 0 Å². The lowest BCUT2D eigenvalue weighted by Crippen LogP contribution is -2.17. The van der Waals surface area contributed by atoms with Crippen molar-refractivity contribution >= 4 is 33.7 Å². The Kier molecular flexibility index (Phi) is 4.84. The number of hydrogen-bond acceptors (Lipinski definition) is 5. The molecule has 0 saturated carbocycles. The fourth-order valence-electron chi connectivity index (χ4n) is 1.62. The molecule has 0 aliphatic carbocycles. The van der Waals surface area contributed by atoms with Gasteiger partial charge in [-0.3, -0.25) is 14.9 Å². The number of phenolic OH excluding ortho intramolecular Hbond substituents is 1. The van der Waals surface area contributed by atoms with E-state index in [9.17, 15) is 20.0 Å². The summed E-state index contributed by atoms with van der Waals surface area (Å²) in [7, 11) is 0. The Morgan fingerprint density at radius 3 is 2.68 bits per heavy atom. The second-order valence-corrected chi connectivity index (χ2v) is 5.03. The first kappa shape index (κ1) is 15.6. The molecular weight excluding hydrogens is 354 g/mol. The second kappa shape index (κ2) is 6.81. The third-order valence-electron chi connectivity index (χ3n) is 2.71. The molecule has 1 amide bonds. The fraction of sp³-hybridized carbons (Fsp3) is 0. The molecule has 0 aliphatic rings. The molecule has 0 aliphatic heterocycles. The molecule has 0 spiro atoms. The van der Waals surface area contributed by atoms with Crippen LogP contribution in [0.25, 0.3) is 0 Å². The minimum atomic E-state index is -0.563. The summed E-state index contributed by atoms with van der Waals surface area (Å²) in [5, 5.41) is 23.9. The molecule has 0 atom stereocenters. The monoisotopic (exact) mass is 363 g/mol. The van der Waals surface area contributed by atoms with Gasteiger partial charge in [0.05, 0.1) is 16.7 Å². The molecule has 2 rings (SSSR count). The first-order chi connectivity index (χ1) is 10.5. The van der Waals surface area contributed by atoms with Gasteiger partial charge < -0.3 is 5.11 Å². The molecule has 22 heavy (non-hydrogen) atoms. The number of nitrogens with one attached hydrogen (secondary N) is 1. The quantitative estimate of drug-likeness (QED) is 0.494. The Hall–Kier alpha value is -2.74. The van der Waals surface area contributed by atoms with Crippen molar-refractivity contribution < 1.29 is 14.8 Å². The summed E-state index contributed by atoms with van der Waals surface area (Å²) >= 11 is 3.19. The average molecular weight is 364 g/mol. The van der Waals surface area contributed by atoms with Gasteiger partial charge in [0, 0.05) is 22.2 Å². The van der Waals surface area contributed by atoms with E-state index >= 15 is 0 Å². The molecule has 0 fully saturated rings. The zero-order chi connectivity index (χ0) is 16.1. The smallest absolute Gasteiger partial charge is 0.275 e. The topological polar surface area (TPSA) is 105 Å². The maximum atomic E-state index is 11.8. The Balaban J connectivity index is 2.08. The van der Waals surface area contributed by atoms with Crippen LogP contribution in [0.1, 0.15) is 15.9 Å². The van der Waals surface area contributed by atoms with Crippen molar-refractivity contribution in [1.82, 2.24) is 5.43 Å². The molecule has 0 aromatic heterocycles. The number of amides is 1. The van der Waals surface area contributed by atoms with Crippen LogP contribution in [0, 0.1) is 10.1 Å². The Morgan fingerprint density at radius 1 is 1.32 bits per heavy atom.